The summed E-state index contributed by atoms with van der Waals surface area (Å²) in [6, 6.07) is 49.0. The maximum absolute atomic E-state index is 15.3. The number of fused-ring (bicyclic) bond motifs is 1. The Labute approximate surface area is 231 Å². The molecule has 0 bridgehead atoms. The van der Waals surface area contributed by atoms with Gasteiger partial charge in [-0.3, -0.25) is 0 Å². The van der Waals surface area contributed by atoms with Crippen LogP contribution in [0, 0.1) is 12.1 Å². The minimum absolute atomic E-state index is 0. The molecule has 0 fully saturated rings. The zero-order valence-electron chi connectivity index (χ0n) is 19.1. The van der Waals surface area contributed by atoms with Gasteiger partial charge >= 0.3 is 0 Å². The van der Waals surface area contributed by atoms with Gasteiger partial charge in [-0.1, -0.05) is 84.9 Å². The SMILES string of the molecule is O=P1(c2ccccc2)C(c2cc[c-]c(-c3[c-]cccc3)c2)=C(c2ccccc2)c2ccccc21.[Y]. The van der Waals surface area contributed by atoms with Crippen molar-refractivity contribution in [3.63, 3.8) is 0 Å². The van der Waals surface area contributed by atoms with Gasteiger partial charge in [0.1, 0.15) is 0 Å². The first-order valence-corrected chi connectivity index (χ1v) is 13.0. The van der Waals surface area contributed by atoms with E-state index in [1.165, 1.54) is 0 Å². The molecule has 0 saturated heterocycles. The van der Waals surface area contributed by atoms with Crippen molar-refractivity contribution in [2.75, 3.05) is 0 Å². The molecule has 0 aliphatic carbocycles. The third kappa shape index (κ3) is 4.13. The van der Waals surface area contributed by atoms with Crippen molar-refractivity contribution >= 4 is 28.6 Å². The topological polar surface area (TPSA) is 17.1 Å². The van der Waals surface area contributed by atoms with Gasteiger partial charge in [-0.25, -0.2) is 11.1 Å². The van der Waals surface area contributed by atoms with Gasteiger partial charge in [-0.15, -0.1) is 17.7 Å². The predicted molar refractivity (Wildman–Crippen MR) is 142 cm³/mol. The fourth-order valence-electron chi connectivity index (χ4n) is 4.82. The van der Waals surface area contributed by atoms with Crippen LogP contribution in [0.2, 0.25) is 0 Å². The quantitative estimate of drug-likeness (QED) is 0.174. The standard InChI is InChI=1S/C32H21OP.Y/c33-34(28-19-8-3-9-20-28)30-22-11-10-21-29(30)31(25-15-6-2-7-16-25)32(34)27-18-12-17-26(23-27)24-13-4-1-5-14-24;/h1-13,15-16,18-23H;/q-2;. The Hall–Kier alpha value is -2.83. The van der Waals surface area contributed by atoms with Crippen molar-refractivity contribution in [2.24, 2.45) is 0 Å². The normalized spacial score (nSPS) is 16.5. The average Bonchev–Trinajstić information content (AvgIpc) is 3.20. The van der Waals surface area contributed by atoms with Crippen LogP contribution >= 0.6 is 7.14 Å². The molecule has 5 aromatic carbocycles. The van der Waals surface area contributed by atoms with E-state index in [-0.39, 0.29) is 32.7 Å². The fourth-order valence-corrected chi connectivity index (χ4v) is 8.08. The van der Waals surface area contributed by atoms with Gasteiger partial charge in [0.15, 0.2) is 7.14 Å². The van der Waals surface area contributed by atoms with E-state index in [1.807, 2.05) is 103 Å². The summed E-state index contributed by atoms with van der Waals surface area (Å²) in [5.74, 6) is 0. The minimum Gasteiger partial charge on any atom is -0.309 e. The molecular formula is C32H21OPY-2. The fraction of sp³-hybridized carbons (Fsp3) is 0. The Balaban J connectivity index is 0.00000253. The van der Waals surface area contributed by atoms with Crippen molar-refractivity contribution in [1.29, 1.82) is 0 Å². The monoisotopic (exact) mass is 541 g/mol. The molecule has 0 saturated carbocycles. The molecule has 5 aromatic rings. The van der Waals surface area contributed by atoms with Crippen LogP contribution in [0.15, 0.2) is 127 Å². The van der Waals surface area contributed by atoms with E-state index in [2.05, 4.69) is 36.4 Å². The molecule has 1 atom stereocenters. The zero-order valence-corrected chi connectivity index (χ0v) is 22.8. The van der Waals surface area contributed by atoms with Crippen molar-refractivity contribution in [1.82, 2.24) is 0 Å². The average molecular weight is 541 g/mol. The van der Waals surface area contributed by atoms with Gasteiger partial charge < -0.3 is 4.57 Å². The van der Waals surface area contributed by atoms with Crippen LogP contribution in [0.3, 0.4) is 0 Å². The molecule has 1 aliphatic rings. The number of rotatable bonds is 4. The number of hydrogen-bond donors (Lipinski definition) is 0. The molecule has 1 heterocycles. The summed E-state index contributed by atoms with van der Waals surface area (Å²) < 4.78 is 15.3. The summed E-state index contributed by atoms with van der Waals surface area (Å²) in [4.78, 5) is 0. The first-order chi connectivity index (χ1) is 16.8. The molecule has 1 nitrogen and oxygen atoms in total. The van der Waals surface area contributed by atoms with Crippen LogP contribution in [0.5, 0.6) is 0 Å². The molecule has 6 rings (SSSR count). The van der Waals surface area contributed by atoms with Gasteiger partial charge in [0.2, 0.25) is 0 Å². The second-order valence-electron chi connectivity index (χ2n) is 8.32. The van der Waals surface area contributed by atoms with Crippen molar-refractivity contribution in [2.45, 2.75) is 0 Å². The molecular weight excluding hydrogens is 520 g/mol. The predicted octanol–water partition coefficient (Wildman–Crippen LogP) is 7.20. The van der Waals surface area contributed by atoms with Crippen LogP contribution in [0.4, 0.5) is 0 Å². The Morgan fingerprint density at radius 2 is 1.23 bits per heavy atom. The van der Waals surface area contributed by atoms with Crippen LogP contribution in [-0.4, -0.2) is 0 Å². The smallest absolute Gasteiger partial charge is 0.171 e. The first-order valence-electron chi connectivity index (χ1n) is 11.3. The van der Waals surface area contributed by atoms with Crippen LogP contribution < -0.4 is 10.6 Å². The maximum Gasteiger partial charge on any atom is 0.171 e. The summed E-state index contributed by atoms with van der Waals surface area (Å²) in [7, 11) is -3.12. The van der Waals surface area contributed by atoms with E-state index < -0.39 is 7.14 Å². The zero-order chi connectivity index (χ0) is 23.0. The molecule has 3 heteroatoms. The summed E-state index contributed by atoms with van der Waals surface area (Å²) in [6.45, 7) is 0. The van der Waals surface area contributed by atoms with Crippen LogP contribution in [0.25, 0.3) is 22.0 Å². The largest absolute Gasteiger partial charge is 0.309 e. The van der Waals surface area contributed by atoms with Crippen LogP contribution in [-0.2, 0) is 37.3 Å². The van der Waals surface area contributed by atoms with Crippen molar-refractivity contribution in [3.8, 4) is 11.1 Å². The van der Waals surface area contributed by atoms with Gasteiger partial charge in [-0.05, 0) is 16.7 Å². The van der Waals surface area contributed by atoms with E-state index in [1.54, 1.807) is 0 Å². The third-order valence-corrected chi connectivity index (χ3v) is 9.53. The number of benzene rings is 5. The van der Waals surface area contributed by atoms with E-state index in [0.717, 1.165) is 49.3 Å². The first kappa shape index (κ1) is 23.9. The van der Waals surface area contributed by atoms with Crippen molar-refractivity contribution < 1.29 is 37.3 Å². The van der Waals surface area contributed by atoms with Gasteiger partial charge in [0, 0.05) is 48.6 Å². The van der Waals surface area contributed by atoms with Gasteiger partial charge in [-0.2, -0.15) is 42.5 Å². The van der Waals surface area contributed by atoms with E-state index in [4.69, 9.17) is 0 Å². The second-order valence-corrected chi connectivity index (χ2v) is 11.0. The second kappa shape index (κ2) is 10.0. The maximum atomic E-state index is 15.3. The minimum atomic E-state index is -3.12. The Morgan fingerprint density at radius 1 is 0.571 bits per heavy atom. The molecule has 1 aliphatic heterocycles. The molecule has 165 valence electrons. The molecule has 1 unspecified atom stereocenters. The molecule has 35 heavy (non-hydrogen) atoms. The number of hydrogen-bond acceptors (Lipinski definition) is 1. The summed E-state index contributed by atoms with van der Waals surface area (Å²) in [6.07, 6.45) is 0. The molecule has 1 radical (unpaired) electrons. The molecule has 0 N–H and O–H groups in total. The summed E-state index contributed by atoms with van der Waals surface area (Å²) in [5, 5.41) is 2.64. The van der Waals surface area contributed by atoms with Gasteiger partial charge in [0.05, 0.1) is 0 Å². The Bertz CT molecular complexity index is 1560. The summed E-state index contributed by atoms with van der Waals surface area (Å²) >= 11 is 0. The van der Waals surface area contributed by atoms with E-state index >= 15 is 4.57 Å². The van der Waals surface area contributed by atoms with E-state index in [0.29, 0.717) is 0 Å². The Kier molecular flexibility index (Phi) is 6.85. The van der Waals surface area contributed by atoms with E-state index in [9.17, 15) is 0 Å². The molecule has 0 amide bonds. The van der Waals surface area contributed by atoms with Crippen molar-refractivity contribution in [3.05, 3.63) is 156 Å². The van der Waals surface area contributed by atoms with Gasteiger partial charge in [0.25, 0.3) is 0 Å². The third-order valence-electron chi connectivity index (χ3n) is 6.32. The molecule has 0 aromatic heterocycles. The molecule has 0 spiro atoms. The Morgan fingerprint density at radius 3 is 1.97 bits per heavy atom. The van der Waals surface area contributed by atoms with Crippen LogP contribution in [0.1, 0.15) is 16.7 Å². The summed E-state index contributed by atoms with van der Waals surface area (Å²) in [5.41, 5.74) is 6.01.